The quantitative estimate of drug-likeness (QED) is 0.626. The normalized spacial score (nSPS) is 11.1. The van der Waals surface area contributed by atoms with Crippen molar-refractivity contribution >= 4 is 21.6 Å². The zero-order valence-corrected chi connectivity index (χ0v) is 9.64. The van der Waals surface area contributed by atoms with E-state index in [2.05, 4.69) is 9.97 Å². The van der Waals surface area contributed by atoms with Gasteiger partial charge in [0, 0.05) is 10.9 Å². The van der Waals surface area contributed by atoms with E-state index in [1.807, 2.05) is 0 Å². The van der Waals surface area contributed by atoms with E-state index in [4.69, 9.17) is 0 Å². The Morgan fingerprint density at radius 3 is 2.61 bits per heavy atom. The lowest BCUT2D eigenvalue weighted by molar-refractivity contribution is 0.449. The second-order valence-corrected chi connectivity index (χ2v) is 4.48. The zero-order valence-electron chi connectivity index (χ0n) is 8.82. The van der Waals surface area contributed by atoms with Gasteiger partial charge in [0.15, 0.2) is 17.5 Å². The maximum absolute atomic E-state index is 13.7. The minimum absolute atomic E-state index is 0.0697. The molecule has 0 unspecified atom stereocenters. The fourth-order valence-electron chi connectivity index (χ4n) is 1.71. The maximum atomic E-state index is 13.7. The topological polar surface area (TPSA) is 25.8 Å². The molecule has 0 bridgehead atoms. The Morgan fingerprint density at radius 2 is 1.78 bits per heavy atom. The van der Waals surface area contributed by atoms with Gasteiger partial charge in [-0.2, -0.15) is 0 Å². The first-order valence-electron chi connectivity index (χ1n) is 5.00. The summed E-state index contributed by atoms with van der Waals surface area (Å²) in [7, 11) is 0. The third-order valence-corrected chi connectivity index (χ3v) is 3.37. The SMILES string of the molecule is Fc1ccc(-c2ncnc3sccc23)c(F)c1F. The predicted octanol–water partition coefficient (Wildman–Crippen LogP) is 3.78. The summed E-state index contributed by atoms with van der Waals surface area (Å²) in [6.45, 7) is 0. The highest BCUT2D eigenvalue weighted by Gasteiger charge is 2.17. The first-order valence-corrected chi connectivity index (χ1v) is 5.88. The van der Waals surface area contributed by atoms with Crippen molar-refractivity contribution in [2.45, 2.75) is 0 Å². The van der Waals surface area contributed by atoms with Gasteiger partial charge in [0.25, 0.3) is 0 Å². The highest BCUT2D eigenvalue weighted by atomic mass is 32.1. The molecule has 2 heterocycles. The Labute approximate surface area is 104 Å². The molecule has 6 heteroatoms. The summed E-state index contributed by atoms with van der Waals surface area (Å²) >= 11 is 1.37. The van der Waals surface area contributed by atoms with Crippen LogP contribution in [0.4, 0.5) is 13.2 Å². The summed E-state index contributed by atoms with van der Waals surface area (Å²) in [6, 6.07) is 3.78. The molecule has 0 spiro atoms. The largest absolute Gasteiger partial charge is 0.235 e. The first kappa shape index (κ1) is 11.2. The van der Waals surface area contributed by atoms with Crippen LogP contribution in [0.5, 0.6) is 0 Å². The average Bonchev–Trinajstić information content (AvgIpc) is 2.84. The molecule has 2 nitrogen and oxygen atoms in total. The highest BCUT2D eigenvalue weighted by molar-refractivity contribution is 7.16. The van der Waals surface area contributed by atoms with Gasteiger partial charge in [-0.15, -0.1) is 11.3 Å². The Bertz CT molecular complexity index is 739. The van der Waals surface area contributed by atoms with Gasteiger partial charge in [-0.05, 0) is 23.6 Å². The lowest BCUT2D eigenvalue weighted by Gasteiger charge is -2.05. The highest BCUT2D eigenvalue weighted by Crippen LogP contribution is 2.31. The van der Waals surface area contributed by atoms with E-state index in [0.717, 1.165) is 6.07 Å². The number of nitrogens with zero attached hydrogens (tertiary/aromatic N) is 2. The summed E-state index contributed by atoms with van der Waals surface area (Å²) in [4.78, 5) is 8.63. The van der Waals surface area contributed by atoms with Crippen LogP contribution < -0.4 is 0 Å². The van der Waals surface area contributed by atoms with Gasteiger partial charge in [-0.3, -0.25) is 0 Å². The molecule has 3 aromatic rings. The van der Waals surface area contributed by atoms with E-state index in [1.54, 1.807) is 11.4 Å². The number of aromatic nitrogens is 2. The van der Waals surface area contributed by atoms with Gasteiger partial charge in [-0.1, -0.05) is 0 Å². The van der Waals surface area contributed by atoms with Crippen molar-refractivity contribution in [3.05, 3.63) is 47.4 Å². The van der Waals surface area contributed by atoms with Gasteiger partial charge in [0.05, 0.1) is 5.69 Å². The minimum atomic E-state index is -1.49. The molecule has 0 saturated carbocycles. The summed E-state index contributed by atoms with van der Waals surface area (Å²) < 4.78 is 39.8. The van der Waals surface area contributed by atoms with Crippen LogP contribution in [0.25, 0.3) is 21.5 Å². The van der Waals surface area contributed by atoms with Gasteiger partial charge in [0.1, 0.15) is 11.2 Å². The number of hydrogen-bond donors (Lipinski definition) is 0. The molecule has 0 radical (unpaired) electrons. The molecule has 0 atom stereocenters. The van der Waals surface area contributed by atoms with E-state index in [-0.39, 0.29) is 11.3 Å². The molecule has 0 amide bonds. The number of hydrogen-bond acceptors (Lipinski definition) is 3. The van der Waals surface area contributed by atoms with Crippen molar-refractivity contribution in [2.24, 2.45) is 0 Å². The molecular weight excluding hydrogens is 261 g/mol. The first-order chi connectivity index (χ1) is 8.68. The molecule has 0 aliphatic heterocycles. The van der Waals surface area contributed by atoms with E-state index in [9.17, 15) is 13.2 Å². The molecule has 0 N–H and O–H groups in total. The van der Waals surface area contributed by atoms with Crippen molar-refractivity contribution in [2.75, 3.05) is 0 Å². The van der Waals surface area contributed by atoms with Crippen molar-refractivity contribution in [1.82, 2.24) is 9.97 Å². The fourth-order valence-corrected chi connectivity index (χ4v) is 2.45. The van der Waals surface area contributed by atoms with Crippen molar-refractivity contribution in [3.8, 4) is 11.3 Å². The zero-order chi connectivity index (χ0) is 12.7. The third-order valence-electron chi connectivity index (χ3n) is 2.55. The molecule has 0 fully saturated rings. The molecule has 0 saturated heterocycles. The van der Waals surface area contributed by atoms with Crippen molar-refractivity contribution in [3.63, 3.8) is 0 Å². The van der Waals surface area contributed by atoms with Crippen LogP contribution in [0.1, 0.15) is 0 Å². The number of rotatable bonds is 1. The van der Waals surface area contributed by atoms with Crippen LogP contribution in [-0.4, -0.2) is 9.97 Å². The Kier molecular flexibility index (Phi) is 2.52. The predicted molar refractivity (Wildman–Crippen MR) is 62.7 cm³/mol. The monoisotopic (exact) mass is 266 g/mol. The van der Waals surface area contributed by atoms with E-state index in [1.165, 1.54) is 23.7 Å². The maximum Gasteiger partial charge on any atom is 0.195 e. The van der Waals surface area contributed by atoms with Crippen LogP contribution in [0.15, 0.2) is 29.9 Å². The van der Waals surface area contributed by atoms with E-state index >= 15 is 0 Å². The standard InChI is InChI=1S/C12H5F3N2S/c13-8-2-1-6(9(14)10(8)15)11-7-3-4-18-12(7)17-5-16-11/h1-5H. The number of halogens is 3. The van der Waals surface area contributed by atoms with Gasteiger partial charge >= 0.3 is 0 Å². The van der Waals surface area contributed by atoms with Gasteiger partial charge in [0.2, 0.25) is 0 Å². The molecular formula is C12H5F3N2S. The lowest BCUT2D eigenvalue weighted by Crippen LogP contribution is -1.96. The fraction of sp³-hybridized carbons (Fsp3) is 0. The smallest absolute Gasteiger partial charge is 0.195 e. The molecule has 3 rings (SSSR count). The van der Waals surface area contributed by atoms with E-state index < -0.39 is 17.5 Å². The van der Waals surface area contributed by atoms with Crippen LogP contribution in [0.3, 0.4) is 0 Å². The third kappa shape index (κ3) is 1.57. The average molecular weight is 266 g/mol. The molecule has 0 aliphatic rings. The Hall–Kier alpha value is -1.95. The summed E-state index contributed by atoms with van der Waals surface area (Å²) in [5.74, 6) is -3.94. The van der Waals surface area contributed by atoms with Crippen LogP contribution in [0.2, 0.25) is 0 Å². The van der Waals surface area contributed by atoms with Gasteiger partial charge < -0.3 is 0 Å². The van der Waals surface area contributed by atoms with Crippen LogP contribution in [0, 0.1) is 17.5 Å². The second kappa shape index (κ2) is 4.06. The Morgan fingerprint density at radius 1 is 0.944 bits per heavy atom. The number of thiophene rings is 1. The summed E-state index contributed by atoms with van der Waals surface area (Å²) in [5.41, 5.74) is 0.192. The molecule has 2 aromatic heterocycles. The summed E-state index contributed by atoms with van der Waals surface area (Å²) in [6.07, 6.45) is 1.27. The van der Waals surface area contributed by atoms with E-state index in [0.29, 0.717) is 10.2 Å². The van der Waals surface area contributed by atoms with Crippen LogP contribution >= 0.6 is 11.3 Å². The van der Waals surface area contributed by atoms with Crippen molar-refractivity contribution in [1.29, 1.82) is 0 Å². The lowest BCUT2D eigenvalue weighted by atomic mass is 10.1. The minimum Gasteiger partial charge on any atom is -0.235 e. The second-order valence-electron chi connectivity index (χ2n) is 3.58. The number of fused-ring (bicyclic) bond motifs is 1. The molecule has 0 aliphatic carbocycles. The van der Waals surface area contributed by atoms with Gasteiger partial charge in [-0.25, -0.2) is 23.1 Å². The van der Waals surface area contributed by atoms with Crippen LogP contribution in [-0.2, 0) is 0 Å². The summed E-state index contributed by atoms with van der Waals surface area (Å²) in [5, 5.41) is 2.40. The number of benzene rings is 1. The molecule has 18 heavy (non-hydrogen) atoms. The molecule has 90 valence electrons. The molecule has 1 aromatic carbocycles. The Balaban J connectivity index is 2.33. The van der Waals surface area contributed by atoms with Crippen molar-refractivity contribution < 1.29 is 13.2 Å².